The molecule has 3 aliphatic rings. The summed E-state index contributed by atoms with van der Waals surface area (Å²) in [5.74, 6) is -8.99. The van der Waals surface area contributed by atoms with E-state index in [0.717, 1.165) is 4.90 Å². The van der Waals surface area contributed by atoms with Crippen LogP contribution < -0.4 is 49.1 Å². The Morgan fingerprint density at radius 3 is 1.58 bits per heavy atom. The summed E-state index contributed by atoms with van der Waals surface area (Å²) in [4.78, 5) is 142. The van der Waals surface area contributed by atoms with Crippen LogP contribution in [0.3, 0.4) is 0 Å². The van der Waals surface area contributed by atoms with Gasteiger partial charge in [0.1, 0.15) is 65.9 Å². The lowest BCUT2D eigenvalue weighted by atomic mass is 10.0. The standard InChI is InChI=1S/C55H82N12O16/c1-30(58)46(73)59-37(9-3-5-21-56)52(79)65-23-7-11-42(65)49(76)63-41(29-68)48(75)62-40(26-33-15-19-35(71)20-16-33)53(80)66-24-8-12-43(66)54(81)67-28-36(72)27-44(67)50(77)64-45(31(2)69)51(78)61-39(25-32-13-17-34(70)18-14-32)47(74)60-38(55(82)83)10-4-6-22-57/h13-20,30-31,36-45,68-72H,3-12,21-29,56-58H2,1-2H3,(H,59,73)(H,60,74)(H,61,78)(H,62,75)(H,63,76)(H,64,77)(H,82,83)/t30-,31+,36+,37-,38-,39-,40-,41-,42-,43-,44-,45-/m0/s1. The van der Waals surface area contributed by atoms with Crippen LogP contribution in [0.2, 0.25) is 0 Å². The molecule has 3 fully saturated rings. The molecule has 9 amide bonds. The molecule has 3 aliphatic heterocycles. The van der Waals surface area contributed by atoms with Crippen LogP contribution in [0, 0.1) is 0 Å². The van der Waals surface area contributed by atoms with E-state index in [9.17, 15) is 78.6 Å². The number of aliphatic carboxylic acids is 1. The van der Waals surface area contributed by atoms with Crippen LogP contribution in [0.1, 0.15) is 95.6 Å². The van der Waals surface area contributed by atoms with Crippen LogP contribution in [0.25, 0.3) is 0 Å². The van der Waals surface area contributed by atoms with Gasteiger partial charge in [0.05, 0.1) is 24.9 Å². The fourth-order valence-electron chi connectivity index (χ4n) is 10.4. The summed E-state index contributed by atoms with van der Waals surface area (Å²) in [5.41, 5.74) is 17.9. The number of unbranched alkanes of at least 4 members (excludes halogenated alkanes) is 2. The smallest absolute Gasteiger partial charge is 0.326 e. The summed E-state index contributed by atoms with van der Waals surface area (Å²) in [7, 11) is 0. The Bertz CT molecular complexity index is 2570. The van der Waals surface area contributed by atoms with Gasteiger partial charge in [-0.1, -0.05) is 24.3 Å². The van der Waals surface area contributed by atoms with Crippen LogP contribution in [0.5, 0.6) is 11.5 Å². The lowest BCUT2D eigenvalue weighted by Crippen LogP contribution is -2.61. The molecule has 0 bridgehead atoms. The molecule has 2 aromatic rings. The Kier molecular flexibility index (Phi) is 25.4. The average molecular weight is 1170 g/mol. The van der Waals surface area contributed by atoms with Crippen LogP contribution in [-0.2, 0) is 60.8 Å². The summed E-state index contributed by atoms with van der Waals surface area (Å²) < 4.78 is 0. The quantitative estimate of drug-likeness (QED) is 0.0330. The molecule has 0 aromatic heterocycles. The normalized spacial score (nSPS) is 20.6. The average Bonchev–Trinajstić information content (AvgIpc) is 3.72. The molecule has 83 heavy (non-hydrogen) atoms. The second kappa shape index (κ2) is 31.8. The van der Waals surface area contributed by atoms with E-state index in [1.807, 2.05) is 0 Å². The molecule has 3 heterocycles. The highest BCUT2D eigenvalue weighted by molar-refractivity contribution is 5.99. The molecule has 3 saturated heterocycles. The second-order valence-electron chi connectivity index (χ2n) is 21.4. The minimum Gasteiger partial charge on any atom is -0.508 e. The molecular formula is C55H82N12O16. The molecule has 18 N–H and O–H groups in total. The molecular weight excluding hydrogens is 1080 g/mol. The van der Waals surface area contributed by atoms with E-state index < -0.39 is 145 Å². The van der Waals surface area contributed by atoms with Crippen molar-refractivity contribution < 1.29 is 78.6 Å². The van der Waals surface area contributed by atoms with Crippen LogP contribution >= 0.6 is 0 Å². The summed E-state index contributed by atoms with van der Waals surface area (Å²) >= 11 is 0. The number of carbonyl (C=O) groups excluding carboxylic acids is 9. The number of β-amino-alcohol motifs (C(OH)–C–C–N with tert-alkyl or cyclic N) is 1. The number of carboxylic acid groups (broad SMARTS) is 1. The molecule has 0 radical (unpaired) electrons. The van der Waals surface area contributed by atoms with E-state index in [1.165, 1.54) is 72.2 Å². The van der Waals surface area contributed by atoms with E-state index in [1.54, 1.807) is 0 Å². The number of hydrogen-bond acceptors (Lipinski definition) is 18. The molecule has 0 unspecified atom stereocenters. The van der Waals surface area contributed by atoms with Gasteiger partial charge in [-0.05, 0) is 127 Å². The van der Waals surface area contributed by atoms with Crippen LogP contribution in [-0.4, -0.2) is 216 Å². The predicted molar refractivity (Wildman–Crippen MR) is 297 cm³/mol. The van der Waals surface area contributed by atoms with Crippen molar-refractivity contribution in [3.05, 3.63) is 59.7 Å². The number of carbonyl (C=O) groups is 10. The van der Waals surface area contributed by atoms with E-state index in [-0.39, 0.29) is 82.5 Å². The molecule has 5 rings (SSSR count). The zero-order chi connectivity index (χ0) is 61.1. The Morgan fingerprint density at radius 1 is 0.578 bits per heavy atom. The van der Waals surface area contributed by atoms with Gasteiger partial charge in [0, 0.05) is 38.9 Å². The lowest BCUT2D eigenvalue weighted by molar-refractivity contribution is -0.148. The number of aromatic hydroxyl groups is 2. The number of nitrogens with two attached hydrogens (primary N) is 3. The largest absolute Gasteiger partial charge is 0.508 e. The Hall–Kier alpha value is -7.50. The first kappa shape index (κ1) is 66.3. The molecule has 2 aromatic carbocycles. The van der Waals surface area contributed by atoms with Gasteiger partial charge >= 0.3 is 5.97 Å². The number of nitrogens with zero attached hydrogens (tertiary/aromatic N) is 3. The van der Waals surface area contributed by atoms with E-state index in [2.05, 4.69) is 31.9 Å². The van der Waals surface area contributed by atoms with Crippen molar-refractivity contribution in [2.45, 2.75) is 170 Å². The second-order valence-corrected chi connectivity index (χ2v) is 21.4. The Balaban J connectivity index is 1.32. The maximum Gasteiger partial charge on any atom is 0.326 e. The third-order valence-corrected chi connectivity index (χ3v) is 14.9. The van der Waals surface area contributed by atoms with Gasteiger partial charge in [-0.3, -0.25) is 43.2 Å². The van der Waals surface area contributed by atoms with Crippen molar-refractivity contribution in [2.24, 2.45) is 17.2 Å². The number of amides is 9. The maximum absolute atomic E-state index is 14.8. The van der Waals surface area contributed by atoms with Gasteiger partial charge in [-0.15, -0.1) is 0 Å². The van der Waals surface area contributed by atoms with Crippen LogP contribution in [0.4, 0.5) is 0 Å². The highest BCUT2D eigenvalue weighted by Crippen LogP contribution is 2.28. The number of nitrogens with one attached hydrogen (secondary N) is 6. The molecule has 0 spiro atoms. The molecule has 12 atom stereocenters. The molecule has 28 nitrogen and oxygen atoms in total. The number of hydrogen-bond donors (Lipinski definition) is 15. The Morgan fingerprint density at radius 2 is 1.05 bits per heavy atom. The van der Waals surface area contributed by atoms with Gasteiger partial charge in [0.2, 0.25) is 53.2 Å². The minimum absolute atomic E-state index is 0.0158. The third-order valence-electron chi connectivity index (χ3n) is 14.9. The first-order valence-electron chi connectivity index (χ1n) is 28.1. The van der Waals surface area contributed by atoms with Crippen molar-refractivity contribution in [1.29, 1.82) is 0 Å². The highest BCUT2D eigenvalue weighted by atomic mass is 16.4. The number of rotatable bonds is 30. The zero-order valence-corrected chi connectivity index (χ0v) is 46.8. The predicted octanol–water partition coefficient (Wildman–Crippen LogP) is -4.20. The summed E-state index contributed by atoms with van der Waals surface area (Å²) in [6.07, 6.45) is -0.617. The van der Waals surface area contributed by atoms with Gasteiger partial charge in [-0.2, -0.15) is 0 Å². The zero-order valence-electron chi connectivity index (χ0n) is 46.8. The molecule has 28 heteroatoms. The van der Waals surface area contributed by atoms with Crippen molar-refractivity contribution in [3.8, 4) is 11.5 Å². The minimum atomic E-state index is -1.78. The van der Waals surface area contributed by atoms with E-state index in [0.29, 0.717) is 49.8 Å². The number of aliphatic hydroxyl groups excluding tert-OH is 3. The number of phenolic OH excluding ortho intramolecular Hbond substituents is 2. The summed E-state index contributed by atoms with van der Waals surface area (Å²) in [6, 6.07) is -2.24. The highest BCUT2D eigenvalue weighted by Gasteiger charge is 2.47. The lowest BCUT2D eigenvalue weighted by Gasteiger charge is -2.34. The first-order valence-corrected chi connectivity index (χ1v) is 28.1. The third kappa shape index (κ3) is 18.8. The number of carboxylic acids is 1. The topological polar surface area (TPSA) is 452 Å². The van der Waals surface area contributed by atoms with Crippen molar-refractivity contribution >= 4 is 59.1 Å². The van der Waals surface area contributed by atoms with Gasteiger partial charge < -0.3 is 94.4 Å². The summed E-state index contributed by atoms with van der Waals surface area (Å²) in [6.45, 7) is 2.06. The van der Waals surface area contributed by atoms with E-state index in [4.69, 9.17) is 17.2 Å². The van der Waals surface area contributed by atoms with Crippen molar-refractivity contribution in [2.75, 3.05) is 39.3 Å². The molecule has 0 saturated carbocycles. The van der Waals surface area contributed by atoms with Gasteiger partial charge in [0.25, 0.3) is 0 Å². The van der Waals surface area contributed by atoms with Crippen molar-refractivity contribution in [3.63, 3.8) is 0 Å². The fourth-order valence-corrected chi connectivity index (χ4v) is 10.4. The Labute approximate surface area is 480 Å². The van der Waals surface area contributed by atoms with E-state index >= 15 is 0 Å². The van der Waals surface area contributed by atoms with Gasteiger partial charge in [0.15, 0.2) is 0 Å². The monoisotopic (exact) mass is 1170 g/mol. The SMILES string of the molecule is C[C@H](N)C(=O)N[C@@H](CCCCN)C(=O)N1CCC[C@H]1C(=O)N[C@@H](CO)C(=O)N[C@@H](Cc1ccc(O)cc1)C(=O)N1CCC[C@H]1C(=O)N1C[C@H](O)C[C@H]1C(=O)N[C@H](C(=O)N[C@@H](Cc1ccc(O)cc1)C(=O)N[C@@H](CCCCN)C(=O)O)[C@@H](C)O. The van der Waals surface area contributed by atoms with Crippen LogP contribution in [0.15, 0.2) is 48.5 Å². The first-order chi connectivity index (χ1) is 39.5. The number of likely N-dealkylation sites (tertiary alicyclic amines) is 3. The number of aliphatic hydroxyl groups is 3. The number of phenols is 2. The number of benzene rings is 2. The van der Waals surface area contributed by atoms with Crippen molar-refractivity contribution in [1.82, 2.24) is 46.6 Å². The molecule has 0 aliphatic carbocycles. The fraction of sp³-hybridized carbons (Fsp3) is 0.600. The van der Waals surface area contributed by atoms with Gasteiger partial charge in [-0.25, -0.2) is 4.79 Å². The molecule has 458 valence electrons. The maximum atomic E-state index is 14.8. The summed E-state index contributed by atoms with van der Waals surface area (Å²) in [5, 5.41) is 77.2.